The van der Waals surface area contributed by atoms with Gasteiger partial charge in [-0.05, 0) is 70.2 Å². The van der Waals surface area contributed by atoms with E-state index in [2.05, 4.69) is 20.4 Å². The van der Waals surface area contributed by atoms with Gasteiger partial charge in [0.25, 0.3) is 5.91 Å². The molecule has 2 aliphatic heterocycles. The van der Waals surface area contributed by atoms with E-state index in [1.165, 1.54) is 12.4 Å². The molecule has 2 amide bonds. The lowest BCUT2D eigenvalue weighted by Crippen LogP contribution is -2.51. The molecule has 43 heavy (non-hydrogen) atoms. The fraction of sp³-hybridized carbons (Fsp3) is 0.552. The molecule has 1 aromatic carbocycles. The van der Waals surface area contributed by atoms with E-state index in [0.717, 1.165) is 31.0 Å². The minimum absolute atomic E-state index is 0.0163. The summed E-state index contributed by atoms with van der Waals surface area (Å²) in [6.45, 7) is 6.80. The van der Waals surface area contributed by atoms with Crippen LogP contribution in [0.4, 0.5) is 19.5 Å². The number of oxime groups is 1. The largest absolute Gasteiger partial charge is 0.444 e. The van der Waals surface area contributed by atoms with Crippen LogP contribution in [0.2, 0.25) is 0 Å². The van der Waals surface area contributed by atoms with Crippen molar-refractivity contribution in [3.8, 4) is 0 Å². The molecule has 0 radical (unpaired) electrons. The van der Waals surface area contributed by atoms with Crippen LogP contribution >= 0.6 is 0 Å². The maximum atomic E-state index is 14.8. The lowest BCUT2D eigenvalue weighted by Gasteiger charge is -2.38. The Labute approximate surface area is 248 Å². The first-order valence-electron chi connectivity index (χ1n) is 14.5. The Hall–Kier alpha value is -4.23. The fourth-order valence-corrected chi connectivity index (χ4v) is 5.85. The average molecular weight is 601 g/mol. The number of benzene rings is 1. The Morgan fingerprint density at radius 1 is 1.09 bits per heavy atom. The molecule has 2 atom stereocenters. The predicted molar refractivity (Wildman–Crippen MR) is 154 cm³/mol. The van der Waals surface area contributed by atoms with Crippen LogP contribution in [0.15, 0.2) is 35.7 Å². The van der Waals surface area contributed by atoms with Crippen LogP contribution in [0.5, 0.6) is 0 Å². The van der Waals surface area contributed by atoms with Gasteiger partial charge in [-0.3, -0.25) is 4.79 Å². The third-order valence-electron chi connectivity index (χ3n) is 8.01. The number of hydrogen-bond donors (Lipinski definition) is 3. The molecule has 1 aromatic heterocycles. The first-order chi connectivity index (χ1) is 20.4. The molecule has 0 unspecified atom stereocenters. The molecule has 2 aromatic rings. The summed E-state index contributed by atoms with van der Waals surface area (Å²) in [6, 6.07) is 2.82. The monoisotopic (exact) mass is 600 g/mol. The number of guanidine groups is 1. The summed E-state index contributed by atoms with van der Waals surface area (Å²) in [5.41, 5.74) is 5.48. The van der Waals surface area contributed by atoms with Crippen LogP contribution in [0.3, 0.4) is 0 Å². The number of nitrogens with zero attached hydrogens (tertiary/aromatic N) is 6. The Morgan fingerprint density at radius 3 is 2.35 bits per heavy atom. The molecule has 2 saturated heterocycles. The minimum atomic E-state index is -0.736. The molecule has 232 valence electrons. The van der Waals surface area contributed by atoms with Gasteiger partial charge in [-0.15, -0.1) is 0 Å². The summed E-state index contributed by atoms with van der Waals surface area (Å²) in [4.78, 5) is 40.6. The van der Waals surface area contributed by atoms with E-state index in [1.54, 1.807) is 30.6 Å². The Kier molecular flexibility index (Phi) is 8.56. The third-order valence-corrected chi connectivity index (χ3v) is 8.01. The zero-order valence-electron chi connectivity index (χ0n) is 24.5. The van der Waals surface area contributed by atoms with Crippen LogP contribution in [-0.4, -0.2) is 92.8 Å². The number of alkyl carbamates (subject to hydrolysis) is 1. The number of hydrogen-bond acceptors (Lipinski definition) is 8. The van der Waals surface area contributed by atoms with E-state index < -0.39 is 35.3 Å². The van der Waals surface area contributed by atoms with Gasteiger partial charge in [-0.25, -0.2) is 23.5 Å². The maximum Gasteiger partial charge on any atom is 0.407 e. The SMILES string of the molecule is CC(C)(C)OC(=O)N[C@H]1CN(c2ncc(C(=O)N(C3CC3)C3CCN(/C(N)=N/O)CC3)cn2)C[C@@H]1c1cc(F)ccc1F. The van der Waals surface area contributed by atoms with E-state index in [4.69, 9.17) is 15.7 Å². The molecule has 1 saturated carbocycles. The topological polar surface area (TPSA) is 150 Å². The van der Waals surface area contributed by atoms with E-state index >= 15 is 0 Å². The first-order valence-corrected chi connectivity index (χ1v) is 14.5. The smallest absolute Gasteiger partial charge is 0.407 e. The number of amides is 2. The molecule has 3 fully saturated rings. The highest BCUT2D eigenvalue weighted by molar-refractivity contribution is 5.94. The summed E-state index contributed by atoms with van der Waals surface area (Å²) in [5, 5.41) is 14.8. The highest BCUT2D eigenvalue weighted by Gasteiger charge is 2.41. The zero-order valence-corrected chi connectivity index (χ0v) is 24.5. The van der Waals surface area contributed by atoms with Crippen molar-refractivity contribution in [3.63, 3.8) is 0 Å². The van der Waals surface area contributed by atoms with E-state index in [0.29, 0.717) is 37.4 Å². The number of rotatable bonds is 6. The van der Waals surface area contributed by atoms with Crippen molar-refractivity contribution in [2.24, 2.45) is 10.9 Å². The van der Waals surface area contributed by atoms with Gasteiger partial charge in [0.1, 0.15) is 17.2 Å². The van der Waals surface area contributed by atoms with Gasteiger partial charge in [-0.1, -0.05) is 5.16 Å². The second-order valence-corrected chi connectivity index (χ2v) is 12.3. The summed E-state index contributed by atoms with van der Waals surface area (Å²) in [6.07, 6.45) is 5.55. The molecule has 1 aliphatic carbocycles. The van der Waals surface area contributed by atoms with Gasteiger partial charge >= 0.3 is 6.09 Å². The quantitative estimate of drug-likeness (QED) is 0.197. The van der Waals surface area contributed by atoms with Crippen molar-refractivity contribution >= 4 is 23.9 Å². The number of aromatic nitrogens is 2. The Morgan fingerprint density at radius 2 is 1.74 bits per heavy atom. The normalized spacial score (nSPS) is 21.6. The zero-order chi connectivity index (χ0) is 30.9. The van der Waals surface area contributed by atoms with Gasteiger partial charge in [0, 0.05) is 56.6 Å². The standard InChI is InChI=1S/C29H38F2N8O4/c1-29(2,3)43-28(41)35-24-16-38(15-22(24)21-12-18(30)4-7-23(21)31)27-33-13-17(14-34-27)25(40)39(19-5-6-19)20-8-10-37(11-9-20)26(32)36-42/h4,7,12-14,19-20,22,24,42H,5-6,8-11,15-16H2,1-3H3,(H2,32,36)(H,35,41)/t22-,24+/m1/s1. The average Bonchev–Trinajstić information content (AvgIpc) is 3.72. The molecule has 4 N–H and O–H groups in total. The number of halogens is 2. The van der Waals surface area contributed by atoms with Crippen molar-refractivity contribution in [2.75, 3.05) is 31.1 Å². The fourth-order valence-electron chi connectivity index (χ4n) is 5.85. The number of likely N-dealkylation sites (tertiary alicyclic amines) is 1. The summed E-state index contributed by atoms with van der Waals surface area (Å²) in [5.74, 6) is -1.54. The highest BCUT2D eigenvalue weighted by Crippen LogP contribution is 2.34. The lowest BCUT2D eigenvalue weighted by molar-refractivity contribution is 0.0503. The third kappa shape index (κ3) is 7.05. The summed E-state index contributed by atoms with van der Waals surface area (Å²) < 4.78 is 34.3. The van der Waals surface area contributed by atoms with Crippen LogP contribution in [0.1, 0.15) is 68.3 Å². The molecule has 3 aliphatic rings. The molecular formula is C29H38F2N8O4. The van der Waals surface area contributed by atoms with Crippen molar-refractivity contribution < 1.29 is 28.3 Å². The van der Waals surface area contributed by atoms with Gasteiger partial charge in [0.15, 0.2) is 0 Å². The number of carbonyl (C=O) groups excluding carboxylic acids is 2. The molecule has 12 nitrogen and oxygen atoms in total. The van der Waals surface area contributed by atoms with Gasteiger partial charge in [0.2, 0.25) is 11.9 Å². The van der Waals surface area contributed by atoms with Crippen molar-refractivity contribution in [1.29, 1.82) is 0 Å². The number of carbonyl (C=O) groups is 2. The molecule has 3 heterocycles. The number of nitrogens with one attached hydrogen (secondary N) is 1. The highest BCUT2D eigenvalue weighted by atomic mass is 19.1. The number of piperidine rings is 1. The molecule has 0 spiro atoms. The van der Waals surface area contributed by atoms with Gasteiger partial charge in [0.05, 0.1) is 11.6 Å². The van der Waals surface area contributed by atoms with E-state index in [-0.39, 0.29) is 42.6 Å². The molecule has 5 rings (SSSR count). The van der Waals surface area contributed by atoms with Crippen molar-refractivity contribution in [2.45, 2.75) is 76.1 Å². The van der Waals surface area contributed by atoms with Crippen LogP contribution in [0.25, 0.3) is 0 Å². The predicted octanol–water partition coefficient (Wildman–Crippen LogP) is 3.02. The van der Waals surface area contributed by atoms with Crippen LogP contribution < -0.4 is 16.0 Å². The minimum Gasteiger partial charge on any atom is -0.444 e. The first kappa shape index (κ1) is 30.2. The lowest BCUT2D eigenvalue weighted by atomic mass is 9.94. The van der Waals surface area contributed by atoms with Crippen LogP contribution in [0, 0.1) is 11.6 Å². The van der Waals surface area contributed by atoms with Gasteiger partial charge < -0.3 is 35.7 Å². The van der Waals surface area contributed by atoms with E-state index in [9.17, 15) is 18.4 Å². The van der Waals surface area contributed by atoms with Crippen molar-refractivity contribution in [1.82, 2.24) is 25.1 Å². The number of ether oxygens (including phenoxy) is 1. The molecular weight excluding hydrogens is 562 g/mol. The number of nitrogens with two attached hydrogens (primary N) is 1. The van der Waals surface area contributed by atoms with E-state index in [1.807, 2.05) is 4.90 Å². The molecule has 0 bridgehead atoms. The Balaban J connectivity index is 1.31. The summed E-state index contributed by atoms with van der Waals surface area (Å²) in [7, 11) is 0. The van der Waals surface area contributed by atoms with Gasteiger partial charge in [-0.2, -0.15) is 0 Å². The second-order valence-electron chi connectivity index (χ2n) is 12.3. The molecule has 14 heteroatoms. The number of anilines is 1. The summed E-state index contributed by atoms with van der Waals surface area (Å²) >= 11 is 0. The second kappa shape index (κ2) is 12.2. The van der Waals surface area contributed by atoms with Crippen molar-refractivity contribution in [3.05, 3.63) is 53.4 Å². The maximum absolute atomic E-state index is 14.8. The van der Waals surface area contributed by atoms with Crippen LogP contribution in [-0.2, 0) is 4.74 Å². The Bertz CT molecular complexity index is 1360.